The van der Waals surface area contributed by atoms with Gasteiger partial charge in [0, 0.05) is 37.3 Å². The van der Waals surface area contributed by atoms with Gasteiger partial charge >= 0.3 is 0 Å². The monoisotopic (exact) mass is 600 g/mol. The summed E-state index contributed by atoms with van der Waals surface area (Å²) in [6.45, 7) is 5.35. The summed E-state index contributed by atoms with van der Waals surface area (Å²) in [6.07, 6.45) is 1.50. The van der Waals surface area contributed by atoms with Crippen molar-refractivity contribution >= 4 is 5.91 Å². The van der Waals surface area contributed by atoms with Crippen LogP contribution >= 0.6 is 0 Å². The van der Waals surface area contributed by atoms with Gasteiger partial charge in [0.2, 0.25) is 0 Å². The molecule has 0 atom stereocenters. The molecule has 3 aromatic carbocycles. The molecule has 0 aliphatic carbocycles. The molecule has 1 fully saturated rings. The highest BCUT2D eigenvalue weighted by molar-refractivity contribution is 5.95. The second-order valence-electron chi connectivity index (χ2n) is 10.1. The fourth-order valence-corrected chi connectivity index (χ4v) is 5.12. The second-order valence-corrected chi connectivity index (χ2v) is 10.1. The van der Waals surface area contributed by atoms with E-state index in [0.717, 1.165) is 42.6 Å². The largest absolute Gasteiger partial charge is 0.493 e. The van der Waals surface area contributed by atoms with Gasteiger partial charge in [0.15, 0.2) is 0 Å². The third-order valence-electron chi connectivity index (χ3n) is 7.02. The molecule has 0 aromatic heterocycles. The highest BCUT2D eigenvalue weighted by atomic mass is 19.1. The fraction of sp³-hybridized carbons (Fsp3) is 0.424. The van der Waals surface area contributed by atoms with Crippen LogP contribution in [0.4, 0.5) is 13.2 Å². The molecule has 1 aliphatic rings. The first-order chi connectivity index (χ1) is 20.9. The van der Waals surface area contributed by atoms with Gasteiger partial charge in [-0.25, -0.2) is 13.2 Å². The van der Waals surface area contributed by atoms with Crippen LogP contribution in [0, 0.1) is 5.82 Å². The second kappa shape index (κ2) is 16.1. The molecule has 1 amide bonds. The molecule has 1 heterocycles. The Morgan fingerprint density at radius 2 is 1.40 bits per heavy atom. The van der Waals surface area contributed by atoms with E-state index in [1.165, 1.54) is 30.3 Å². The molecule has 232 valence electrons. The molecule has 7 nitrogen and oxygen atoms in total. The summed E-state index contributed by atoms with van der Waals surface area (Å²) in [5.41, 5.74) is 2.95. The van der Waals surface area contributed by atoms with Crippen LogP contribution in [0.25, 0.3) is 11.1 Å². The van der Waals surface area contributed by atoms with Crippen LogP contribution in [0.15, 0.2) is 54.6 Å². The van der Waals surface area contributed by atoms with Crippen molar-refractivity contribution in [2.75, 3.05) is 52.9 Å². The third kappa shape index (κ3) is 9.03. The fourth-order valence-electron chi connectivity index (χ4n) is 5.12. The average Bonchev–Trinajstić information content (AvgIpc) is 3.01. The van der Waals surface area contributed by atoms with E-state index in [1.54, 1.807) is 12.1 Å². The normalized spacial score (nSPS) is 13.9. The predicted octanol–water partition coefficient (Wildman–Crippen LogP) is 6.38. The zero-order valence-electron chi connectivity index (χ0n) is 24.7. The predicted molar refractivity (Wildman–Crippen MR) is 159 cm³/mol. The lowest BCUT2D eigenvalue weighted by Gasteiger charge is -2.32. The molecule has 4 rings (SSSR count). The van der Waals surface area contributed by atoms with Crippen molar-refractivity contribution < 1.29 is 36.9 Å². The average molecular weight is 601 g/mol. The summed E-state index contributed by atoms with van der Waals surface area (Å²) < 4.78 is 61.5. The topological polar surface area (TPSA) is 69.3 Å². The highest BCUT2D eigenvalue weighted by Gasteiger charge is 2.23. The Labute approximate surface area is 250 Å². The zero-order chi connectivity index (χ0) is 30.6. The first kappa shape index (κ1) is 32.0. The lowest BCUT2D eigenvalue weighted by molar-refractivity contribution is 0.0907. The maximum Gasteiger partial charge on any atom is 0.251 e. The van der Waals surface area contributed by atoms with Crippen LogP contribution in [0.2, 0.25) is 0 Å². The number of benzene rings is 3. The lowest BCUT2D eigenvalue weighted by atomic mass is 9.99. The number of halogens is 3. The molecule has 3 aromatic rings. The number of carbonyl (C=O) groups excluding carboxylic acids is 1. The number of rotatable bonds is 15. The van der Waals surface area contributed by atoms with Crippen LogP contribution in [-0.4, -0.2) is 69.7 Å². The van der Waals surface area contributed by atoms with Crippen LogP contribution in [0.3, 0.4) is 0 Å². The summed E-state index contributed by atoms with van der Waals surface area (Å²) in [5, 5.41) is 3.08. The minimum absolute atomic E-state index is 0.0341. The van der Waals surface area contributed by atoms with Crippen molar-refractivity contribution in [2.24, 2.45) is 0 Å². The van der Waals surface area contributed by atoms with E-state index < -0.39 is 13.3 Å². The van der Waals surface area contributed by atoms with Gasteiger partial charge in [0.25, 0.3) is 5.91 Å². The molecule has 43 heavy (non-hydrogen) atoms. The highest BCUT2D eigenvalue weighted by Crippen LogP contribution is 2.40. The number of carbonyl (C=O) groups is 1. The Kier molecular flexibility index (Phi) is 12.0. The third-order valence-corrected chi connectivity index (χ3v) is 7.02. The number of amides is 1. The van der Waals surface area contributed by atoms with Crippen molar-refractivity contribution in [3.05, 3.63) is 71.5 Å². The summed E-state index contributed by atoms with van der Waals surface area (Å²) in [6, 6.07) is 14.9. The Balaban J connectivity index is 1.41. The van der Waals surface area contributed by atoms with Gasteiger partial charge in [0.1, 0.15) is 55.4 Å². The Hall–Kier alpha value is -3.92. The Morgan fingerprint density at radius 1 is 0.837 bits per heavy atom. The zero-order valence-corrected chi connectivity index (χ0v) is 24.7. The number of ether oxygens (including phenoxy) is 4. The van der Waals surface area contributed by atoms with Gasteiger partial charge in [-0.05, 0) is 74.2 Å². The van der Waals surface area contributed by atoms with Gasteiger partial charge in [-0.2, -0.15) is 0 Å². The number of nitrogens with zero attached hydrogens (tertiary/aromatic N) is 1. The summed E-state index contributed by atoms with van der Waals surface area (Å²) in [7, 11) is 0. The summed E-state index contributed by atoms with van der Waals surface area (Å²) >= 11 is 0. The van der Waals surface area contributed by atoms with Gasteiger partial charge in [-0.1, -0.05) is 12.1 Å². The minimum atomic E-state index is -0.673. The first-order valence-electron chi connectivity index (χ1n) is 14.7. The van der Waals surface area contributed by atoms with E-state index in [9.17, 15) is 18.0 Å². The number of nitrogens with one attached hydrogen (secondary N) is 1. The standard InChI is InChI=1S/C33H39F3N2O5/c1-3-40-30-17-23(18-31(41-4-2)32(30)24-5-7-26(36)8-6-24)22-38-13-9-27(10-14-38)37-33(39)25-19-28(42-15-11-34)21-29(20-25)43-16-12-35/h5-8,17-21,27H,3-4,9-16,22H2,1-2H3,(H,37,39). The summed E-state index contributed by atoms with van der Waals surface area (Å²) in [4.78, 5) is 15.4. The molecule has 0 unspecified atom stereocenters. The van der Waals surface area contributed by atoms with E-state index >= 15 is 0 Å². The van der Waals surface area contributed by atoms with Gasteiger partial charge in [-0.15, -0.1) is 0 Å². The lowest BCUT2D eigenvalue weighted by Crippen LogP contribution is -2.44. The van der Waals surface area contributed by atoms with Gasteiger partial charge < -0.3 is 24.3 Å². The van der Waals surface area contributed by atoms with E-state index in [2.05, 4.69) is 10.2 Å². The van der Waals surface area contributed by atoms with Crippen LogP contribution in [-0.2, 0) is 6.54 Å². The first-order valence-corrected chi connectivity index (χ1v) is 14.7. The van der Waals surface area contributed by atoms with Crippen LogP contribution in [0.1, 0.15) is 42.6 Å². The Bertz CT molecular complexity index is 1280. The molecule has 0 bridgehead atoms. The molecule has 1 saturated heterocycles. The molecule has 0 saturated carbocycles. The quantitative estimate of drug-likeness (QED) is 0.218. The van der Waals surface area contributed by atoms with Crippen molar-refractivity contribution in [3.63, 3.8) is 0 Å². The number of alkyl halides is 2. The molecule has 1 N–H and O–H groups in total. The van der Waals surface area contributed by atoms with E-state index in [1.807, 2.05) is 26.0 Å². The maximum absolute atomic E-state index is 13.6. The van der Waals surface area contributed by atoms with E-state index in [0.29, 0.717) is 36.8 Å². The maximum atomic E-state index is 13.6. The molecule has 10 heteroatoms. The van der Waals surface area contributed by atoms with E-state index in [4.69, 9.17) is 18.9 Å². The van der Waals surface area contributed by atoms with Gasteiger partial charge in [-0.3, -0.25) is 9.69 Å². The molecule has 1 aliphatic heterocycles. The summed E-state index contributed by atoms with van der Waals surface area (Å²) in [5.74, 6) is 1.34. The SMILES string of the molecule is CCOc1cc(CN2CCC(NC(=O)c3cc(OCCF)cc(OCCF)c3)CC2)cc(OCC)c1-c1ccc(F)cc1. The Morgan fingerprint density at radius 3 is 1.91 bits per heavy atom. The van der Waals surface area contributed by atoms with Crippen LogP contribution in [0.5, 0.6) is 23.0 Å². The van der Waals surface area contributed by atoms with Crippen molar-refractivity contribution in [2.45, 2.75) is 39.3 Å². The minimum Gasteiger partial charge on any atom is -0.493 e. The van der Waals surface area contributed by atoms with Crippen molar-refractivity contribution in [1.82, 2.24) is 10.2 Å². The molecular weight excluding hydrogens is 561 g/mol. The number of hydrogen-bond acceptors (Lipinski definition) is 6. The van der Waals surface area contributed by atoms with E-state index in [-0.39, 0.29) is 42.5 Å². The number of hydrogen-bond donors (Lipinski definition) is 1. The van der Waals surface area contributed by atoms with Crippen LogP contribution < -0.4 is 24.3 Å². The van der Waals surface area contributed by atoms with Crippen molar-refractivity contribution in [3.8, 4) is 34.1 Å². The smallest absolute Gasteiger partial charge is 0.251 e. The van der Waals surface area contributed by atoms with Gasteiger partial charge in [0.05, 0.1) is 18.8 Å². The number of piperidine rings is 1. The van der Waals surface area contributed by atoms with Crippen molar-refractivity contribution in [1.29, 1.82) is 0 Å². The molecule has 0 spiro atoms. The number of likely N-dealkylation sites (tertiary alicyclic amines) is 1. The molecule has 0 radical (unpaired) electrons. The molecular formula is C33H39F3N2O5.